The van der Waals surface area contributed by atoms with E-state index < -0.39 is 11.6 Å². The van der Waals surface area contributed by atoms with Crippen LogP contribution in [0.1, 0.15) is 17.5 Å². The van der Waals surface area contributed by atoms with E-state index in [4.69, 9.17) is 5.26 Å². The topological polar surface area (TPSA) is 35.8 Å². The molecule has 0 atom stereocenters. The first kappa shape index (κ1) is 14.0. The molecule has 0 radical (unpaired) electrons. The van der Waals surface area contributed by atoms with Crippen LogP contribution in [0, 0.1) is 23.0 Å². The van der Waals surface area contributed by atoms with Crippen molar-refractivity contribution in [2.24, 2.45) is 0 Å². The second-order valence-electron chi connectivity index (χ2n) is 4.44. The summed E-state index contributed by atoms with van der Waals surface area (Å²) in [6.45, 7) is 0.467. The van der Waals surface area contributed by atoms with Crippen molar-refractivity contribution in [2.75, 3.05) is 11.9 Å². The fourth-order valence-corrected chi connectivity index (χ4v) is 1.96. The molecule has 0 saturated heterocycles. The predicted molar refractivity (Wildman–Crippen MR) is 74.3 cm³/mol. The Kier molecular flexibility index (Phi) is 4.67. The molecule has 0 saturated carbocycles. The first-order valence-electron chi connectivity index (χ1n) is 6.37. The van der Waals surface area contributed by atoms with Crippen LogP contribution < -0.4 is 5.32 Å². The highest BCUT2D eigenvalue weighted by Gasteiger charge is 2.10. The summed E-state index contributed by atoms with van der Waals surface area (Å²) in [5.74, 6) is -1.47. The molecule has 0 fully saturated rings. The molecular weight excluding hydrogens is 258 g/mol. The van der Waals surface area contributed by atoms with Gasteiger partial charge in [0.1, 0.15) is 5.69 Å². The van der Waals surface area contributed by atoms with Gasteiger partial charge in [-0.15, -0.1) is 0 Å². The molecule has 0 heterocycles. The van der Waals surface area contributed by atoms with E-state index in [0.29, 0.717) is 6.54 Å². The molecule has 1 N–H and O–H groups in total. The van der Waals surface area contributed by atoms with Crippen molar-refractivity contribution in [1.82, 2.24) is 0 Å². The number of nitrogens with zero attached hydrogens (tertiary/aromatic N) is 1. The SMILES string of the molecule is N#Cc1cc(F)c(NCCCc2ccccc2)c(F)c1. The van der Waals surface area contributed by atoms with Crippen LogP contribution in [0.3, 0.4) is 0 Å². The quantitative estimate of drug-likeness (QED) is 0.838. The number of nitrogens with one attached hydrogen (secondary N) is 1. The molecule has 0 aromatic heterocycles. The van der Waals surface area contributed by atoms with Gasteiger partial charge in [-0.2, -0.15) is 5.26 Å². The summed E-state index contributed by atoms with van der Waals surface area (Å²) >= 11 is 0. The Labute approximate surface area is 116 Å². The Morgan fingerprint density at radius 3 is 2.30 bits per heavy atom. The van der Waals surface area contributed by atoms with E-state index in [1.54, 1.807) is 6.07 Å². The van der Waals surface area contributed by atoms with Crippen LogP contribution in [-0.2, 0) is 6.42 Å². The number of hydrogen-bond donors (Lipinski definition) is 1. The molecule has 2 aromatic carbocycles. The maximum atomic E-state index is 13.6. The number of rotatable bonds is 5. The van der Waals surface area contributed by atoms with Gasteiger partial charge in [0, 0.05) is 6.54 Å². The lowest BCUT2D eigenvalue weighted by Gasteiger charge is -2.09. The van der Waals surface area contributed by atoms with Crippen LogP contribution in [0.5, 0.6) is 0 Å². The number of aryl methyl sites for hydroxylation is 1. The maximum Gasteiger partial charge on any atom is 0.150 e. The number of benzene rings is 2. The number of nitriles is 1. The molecule has 2 nitrogen and oxygen atoms in total. The van der Waals surface area contributed by atoms with Crippen LogP contribution in [0.4, 0.5) is 14.5 Å². The smallest absolute Gasteiger partial charge is 0.150 e. The van der Waals surface area contributed by atoms with E-state index in [1.165, 1.54) is 5.56 Å². The molecule has 2 aromatic rings. The van der Waals surface area contributed by atoms with Crippen LogP contribution >= 0.6 is 0 Å². The molecule has 20 heavy (non-hydrogen) atoms. The highest BCUT2D eigenvalue weighted by molar-refractivity contribution is 5.50. The molecular formula is C16H14F2N2. The van der Waals surface area contributed by atoms with Gasteiger partial charge in [0.25, 0.3) is 0 Å². The molecule has 102 valence electrons. The van der Waals surface area contributed by atoms with Crippen molar-refractivity contribution in [1.29, 1.82) is 5.26 Å². The third kappa shape index (κ3) is 3.55. The number of halogens is 2. The Morgan fingerprint density at radius 2 is 1.70 bits per heavy atom. The molecule has 2 rings (SSSR count). The molecule has 0 unspecified atom stereocenters. The largest absolute Gasteiger partial charge is 0.380 e. The van der Waals surface area contributed by atoms with Gasteiger partial charge in [-0.25, -0.2) is 8.78 Å². The Morgan fingerprint density at radius 1 is 1.05 bits per heavy atom. The Balaban J connectivity index is 1.90. The van der Waals surface area contributed by atoms with Crippen molar-refractivity contribution in [3.8, 4) is 6.07 Å². The monoisotopic (exact) mass is 272 g/mol. The van der Waals surface area contributed by atoms with Gasteiger partial charge in [0.05, 0.1) is 11.6 Å². The van der Waals surface area contributed by atoms with E-state index in [1.807, 2.05) is 30.3 Å². The van der Waals surface area contributed by atoms with Gasteiger partial charge in [0.2, 0.25) is 0 Å². The third-order valence-electron chi connectivity index (χ3n) is 2.96. The number of hydrogen-bond acceptors (Lipinski definition) is 2. The Bertz CT molecular complexity index is 595. The van der Waals surface area contributed by atoms with E-state index in [-0.39, 0.29) is 11.3 Å². The zero-order valence-corrected chi connectivity index (χ0v) is 10.9. The average molecular weight is 272 g/mol. The summed E-state index contributed by atoms with van der Waals surface area (Å²) in [6, 6.07) is 13.7. The van der Waals surface area contributed by atoms with Crippen molar-refractivity contribution in [3.05, 3.63) is 65.2 Å². The molecule has 0 aliphatic rings. The maximum absolute atomic E-state index is 13.6. The van der Waals surface area contributed by atoms with E-state index in [0.717, 1.165) is 25.0 Å². The van der Waals surface area contributed by atoms with Gasteiger partial charge in [-0.1, -0.05) is 30.3 Å². The minimum atomic E-state index is -0.735. The highest BCUT2D eigenvalue weighted by atomic mass is 19.1. The summed E-state index contributed by atoms with van der Waals surface area (Å²) in [5, 5.41) is 11.4. The average Bonchev–Trinajstić information content (AvgIpc) is 2.46. The van der Waals surface area contributed by atoms with Gasteiger partial charge >= 0.3 is 0 Å². The van der Waals surface area contributed by atoms with E-state index in [2.05, 4.69) is 5.32 Å². The molecule has 0 amide bonds. The minimum absolute atomic E-state index is 0.0187. The lowest BCUT2D eigenvalue weighted by atomic mass is 10.1. The van der Waals surface area contributed by atoms with Crippen molar-refractivity contribution in [2.45, 2.75) is 12.8 Å². The second kappa shape index (κ2) is 6.67. The third-order valence-corrected chi connectivity index (χ3v) is 2.96. The summed E-state index contributed by atoms with van der Waals surface area (Å²) in [7, 11) is 0. The first-order valence-corrected chi connectivity index (χ1v) is 6.37. The van der Waals surface area contributed by atoms with E-state index >= 15 is 0 Å². The molecule has 4 heteroatoms. The minimum Gasteiger partial charge on any atom is -0.380 e. The lowest BCUT2D eigenvalue weighted by molar-refractivity contribution is 0.586. The zero-order valence-electron chi connectivity index (χ0n) is 10.9. The molecule has 0 spiro atoms. The van der Waals surface area contributed by atoms with Crippen LogP contribution in [0.15, 0.2) is 42.5 Å². The van der Waals surface area contributed by atoms with Gasteiger partial charge < -0.3 is 5.32 Å². The van der Waals surface area contributed by atoms with Gasteiger partial charge in [-0.3, -0.25) is 0 Å². The first-order chi connectivity index (χ1) is 9.70. The van der Waals surface area contributed by atoms with Crippen LogP contribution in [-0.4, -0.2) is 6.54 Å². The normalized spacial score (nSPS) is 10.1. The fourth-order valence-electron chi connectivity index (χ4n) is 1.96. The zero-order chi connectivity index (χ0) is 14.4. The second-order valence-corrected chi connectivity index (χ2v) is 4.44. The molecule has 0 aliphatic carbocycles. The van der Waals surface area contributed by atoms with Crippen LogP contribution in [0.2, 0.25) is 0 Å². The summed E-state index contributed by atoms with van der Waals surface area (Å²) < 4.78 is 27.2. The summed E-state index contributed by atoms with van der Waals surface area (Å²) in [6.07, 6.45) is 1.61. The van der Waals surface area contributed by atoms with Crippen molar-refractivity contribution < 1.29 is 8.78 Å². The standard InChI is InChI=1S/C16H14F2N2/c17-14-9-13(11-19)10-15(18)16(14)20-8-4-7-12-5-2-1-3-6-12/h1-3,5-6,9-10,20H,4,7-8H2. The molecule has 0 bridgehead atoms. The molecule has 0 aliphatic heterocycles. The van der Waals surface area contributed by atoms with Gasteiger partial charge in [-0.05, 0) is 30.5 Å². The van der Waals surface area contributed by atoms with Crippen molar-refractivity contribution in [3.63, 3.8) is 0 Å². The number of anilines is 1. The van der Waals surface area contributed by atoms with Gasteiger partial charge in [0.15, 0.2) is 11.6 Å². The fraction of sp³-hybridized carbons (Fsp3) is 0.188. The summed E-state index contributed by atoms with van der Waals surface area (Å²) in [4.78, 5) is 0. The van der Waals surface area contributed by atoms with E-state index in [9.17, 15) is 8.78 Å². The van der Waals surface area contributed by atoms with Crippen LogP contribution in [0.25, 0.3) is 0 Å². The highest BCUT2D eigenvalue weighted by Crippen LogP contribution is 2.20. The predicted octanol–water partition coefficient (Wildman–Crippen LogP) is 3.88. The Hall–Kier alpha value is -2.41. The lowest BCUT2D eigenvalue weighted by Crippen LogP contribution is -2.07. The van der Waals surface area contributed by atoms with Crippen molar-refractivity contribution >= 4 is 5.69 Å². The summed E-state index contributed by atoms with van der Waals surface area (Å²) in [5.41, 5.74) is 1.00.